The molecule has 32 heavy (non-hydrogen) atoms. The first-order valence-corrected chi connectivity index (χ1v) is 11.0. The highest BCUT2D eigenvalue weighted by Crippen LogP contribution is 2.36. The second-order valence-electron chi connectivity index (χ2n) is 7.86. The summed E-state index contributed by atoms with van der Waals surface area (Å²) in [6.07, 6.45) is 5.97. The summed E-state index contributed by atoms with van der Waals surface area (Å²) in [6.45, 7) is 3.01. The van der Waals surface area contributed by atoms with E-state index in [1.807, 2.05) is 42.5 Å². The van der Waals surface area contributed by atoms with Crippen molar-refractivity contribution in [3.05, 3.63) is 48.7 Å². The number of likely N-dealkylation sites (tertiary alicyclic amines) is 1. The first kappa shape index (κ1) is 21.9. The van der Waals surface area contributed by atoms with Gasteiger partial charge in [0.25, 0.3) is 0 Å². The number of carbonyl (C=O) groups is 1. The van der Waals surface area contributed by atoms with Crippen LogP contribution in [0.15, 0.2) is 48.7 Å². The van der Waals surface area contributed by atoms with Crippen molar-refractivity contribution in [1.82, 2.24) is 9.88 Å². The number of aromatic nitrogens is 1. The predicted molar refractivity (Wildman–Crippen MR) is 125 cm³/mol. The molecule has 3 aromatic rings. The minimum absolute atomic E-state index is 0.0328. The Labute approximate surface area is 188 Å². The second kappa shape index (κ2) is 10.3. The van der Waals surface area contributed by atoms with Gasteiger partial charge in [0.05, 0.1) is 19.7 Å². The summed E-state index contributed by atoms with van der Waals surface area (Å²) in [4.78, 5) is 19.1. The van der Waals surface area contributed by atoms with Gasteiger partial charge in [-0.1, -0.05) is 6.42 Å². The topological polar surface area (TPSA) is 72.9 Å². The maximum Gasteiger partial charge on any atom is 0.225 e. The number of hydrogen-bond donors (Lipinski definition) is 1. The lowest BCUT2D eigenvalue weighted by Gasteiger charge is -2.25. The van der Waals surface area contributed by atoms with E-state index in [0.717, 1.165) is 36.2 Å². The van der Waals surface area contributed by atoms with Crippen molar-refractivity contribution in [2.24, 2.45) is 0 Å². The van der Waals surface area contributed by atoms with Crippen LogP contribution in [0.2, 0.25) is 0 Å². The summed E-state index contributed by atoms with van der Waals surface area (Å²) >= 11 is 0. The van der Waals surface area contributed by atoms with E-state index in [0.29, 0.717) is 29.4 Å². The molecule has 0 radical (unpaired) electrons. The van der Waals surface area contributed by atoms with Crippen molar-refractivity contribution in [2.75, 3.05) is 39.2 Å². The Hall–Kier alpha value is -3.32. The molecule has 168 valence electrons. The van der Waals surface area contributed by atoms with Gasteiger partial charge in [0.2, 0.25) is 5.91 Å². The van der Waals surface area contributed by atoms with Gasteiger partial charge in [-0.25, -0.2) is 0 Å². The van der Waals surface area contributed by atoms with Gasteiger partial charge in [-0.05, 0) is 62.3 Å². The van der Waals surface area contributed by atoms with E-state index in [-0.39, 0.29) is 5.91 Å². The molecular formula is C25H29N3O4. The fraction of sp³-hybridized carbons (Fsp3) is 0.360. The average molecular weight is 436 g/mol. The van der Waals surface area contributed by atoms with Crippen LogP contribution in [0, 0.1) is 0 Å². The van der Waals surface area contributed by atoms with Crippen LogP contribution in [-0.2, 0) is 4.79 Å². The van der Waals surface area contributed by atoms with Gasteiger partial charge in [-0.3, -0.25) is 9.78 Å². The van der Waals surface area contributed by atoms with Crippen molar-refractivity contribution in [3.8, 4) is 23.0 Å². The molecule has 1 saturated heterocycles. The minimum atomic E-state index is 0.0328. The standard InChI is InChI=1S/C25H29N3O4/c1-30-23-16-20-21(17-24(23)31-2)26-12-10-22(20)32-19-8-6-18(7-9-19)27-25(29)11-15-28-13-4-3-5-14-28/h6-10,12,16-17H,3-5,11,13-15H2,1-2H3,(H,27,29). The molecule has 1 amide bonds. The van der Waals surface area contributed by atoms with Gasteiger partial charge in [-0.2, -0.15) is 0 Å². The molecule has 0 spiro atoms. The lowest BCUT2D eigenvalue weighted by atomic mass is 10.1. The van der Waals surface area contributed by atoms with Crippen molar-refractivity contribution < 1.29 is 19.0 Å². The van der Waals surface area contributed by atoms with Crippen LogP contribution in [-0.4, -0.2) is 49.6 Å². The first-order valence-electron chi connectivity index (χ1n) is 11.0. The maximum atomic E-state index is 12.3. The van der Waals surface area contributed by atoms with Gasteiger partial charge in [0.1, 0.15) is 11.5 Å². The molecule has 1 aliphatic rings. The number of nitrogens with zero attached hydrogens (tertiary/aromatic N) is 2. The number of ether oxygens (including phenoxy) is 3. The van der Waals surface area contributed by atoms with E-state index >= 15 is 0 Å². The SMILES string of the molecule is COc1cc2nccc(Oc3ccc(NC(=O)CCN4CCCCC4)cc3)c2cc1OC. The van der Waals surface area contributed by atoms with Crippen LogP contribution < -0.4 is 19.5 Å². The molecule has 1 aliphatic heterocycles. The first-order chi connectivity index (χ1) is 15.7. The number of benzene rings is 2. The summed E-state index contributed by atoms with van der Waals surface area (Å²) in [7, 11) is 3.19. The highest BCUT2D eigenvalue weighted by molar-refractivity contribution is 5.91. The predicted octanol–water partition coefficient (Wildman–Crippen LogP) is 4.86. The van der Waals surface area contributed by atoms with Gasteiger partial charge in [-0.15, -0.1) is 0 Å². The molecule has 0 unspecified atom stereocenters. The number of piperidine rings is 1. The van der Waals surface area contributed by atoms with E-state index < -0.39 is 0 Å². The summed E-state index contributed by atoms with van der Waals surface area (Å²) in [5.41, 5.74) is 1.50. The monoisotopic (exact) mass is 435 g/mol. The molecule has 7 nitrogen and oxygen atoms in total. The number of carbonyl (C=O) groups excluding carboxylic acids is 1. The number of rotatable bonds is 8. The van der Waals surface area contributed by atoms with E-state index in [4.69, 9.17) is 14.2 Å². The lowest BCUT2D eigenvalue weighted by molar-refractivity contribution is -0.116. The van der Waals surface area contributed by atoms with Gasteiger partial charge in [0, 0.05) is 36.3 Å². The van der Waals surface area contributed by atoms with Crippen molar-refractivity contribution in [3.63, 3.8) is 0 Å². The highest BCUT2D eigenvalue weighted by Gasteiger charge is 2.13. The lowest BCUT2D eigenvalue weighted by Crippen LogP contribution is -2.32. The molecule has 2 aromatic carbocycles. The molecule has 1 N–H and O–H groups in total. The summed E-state index contributed by atoms with van der Waals surface area (Å²) in [6, 6.07) is 12.9. The van der Waals surface area contributed by atoms with Crippen LogP contribution in [0.4, 0.5) is 5.69 Å². The molecule has 2 heterocycles. The molecule has 1 aromatic heterocycles. The summed E-state index contributed by atoms with van der Waals surface area (Å²) in [5.74, 6) is 2.59. The van der Waals surface area contributed by atoms with E-state index in [9.17, 15) is 4.79 Å². The third kappa shape index (κ3) is 5.29. The van der Waals surface area contributed by atoms with Crippen LogP contribution >= 0.6 is 0 Å². The maximum absolute atomic E-state index is 12.3. The highest BCUT2D eigenvalue weighted by atomic mass is 16.5. The average Bonchev–Trinajstić information content (AvgIpc) is 2.84. The van der Waals surface area contributed by atoms with Crippen LogP contribution in [0.1, 0.15) is 25.7 Å². The number of amides is 1. The molecule has 4 rings (SSSR count). The number of methoxy groups -OCH3 is 2. The molecule has 1 fully saturated rings. The number of nitrogens with one attached hydrogen (secondary N) is 1. The smallest absolute Gasteiger partial charge is 0.225 e. The van der Waals surface area contributed by atoms with E-state index in [1.54, 1.807) is 20.4 Å². The Bertz CT molecular complexity index is 1060. The Kier molecular flexibility index (Phi) is 7.07. The number of anilines is 1. The Morgan fingerprint density at radius 3 is 2.41 bits per heavy atom. The fourth-order valence-electron chi connectivity index (χ4n) is 3.94. The number of fused-ring (bicyclic) bond motifs is 1. The molecule has 0 saturated carbocycles. The zero-order chi connectivity index (χ0) is 22.3. The van der Waals surface area contributed by atoms with E-state index in [2.05, 4.69) is 15.2 Å². The van der Waals surface area contributed by atoms with Gasteiger partial charge in [0.15, 0.2) is 11.5 Å². The summed E-state index contributed by atoms with van der Waals surface area (Å²) < 4.78 is 16.9. The molecule has 0 bridgehead atoms. The number of pyridine rings is 1. The van der Waals surface area contributed by atoms with Crippen LogP contribution in [0.25, 0.3) is 10.9 Å². The number of hydrogen-bond acceptors (Lipinski definition) is 6. The Balaban J connectivity index is 1.40. The normalized spacial score (nSPS) is 14.2. The minimum Gasteiger partial charge on any atom is -0.493 e. The molecule has 0 aliphatic carbocycles. The van der Waals surface area contributed by atoms with Crippen LogP contribution in [0.3, 0.4) is 0 Å². The fourth-order valence-corrected chi connectivity index (χ4v) is 3.94. The molecule has 7 heteroatoms. The summed E-state index contributed by atoms with van der Waals surface area (Å²) in [5, 5.41) is 3.79. The zero-order valence-electron chi connectivity index (χ0n) is 18.6. The third-order valence-electron chi connectivity index (χ3n) is 5.68. The van der Waals surface area contributed by atoms with Crippen molar-refractivity contribution >= 4 is 22.5 Å². The zero-order valence-corrected chi connectivity index (χ0v) is 18.6. The second-order valence-corrected chi connectivity index (χ2v) is 7.86. The Morgan fingerprint density at radius 2 is 1.69 bits per heavy atom. The molecule has 0 atom stereocenters. The quantitative estimate of drug-likeness (QED) is 0.545. The Morgan fingerprint density at radius 1 is 0.969 bits per heavy atom. The van der Waals surface area contributed by atoms with Gasteiger partial charge < -0.3 is 24.4 Å². The largest absolute Gasteiger partial charge is 0.493 e. The van der Waals surface area contributed by atoms with Crippen molar-refractivity contribution in [1.29, 1.82) is 0 Å². The third-order valence-corrected chi connectivity index (χ3v) is 5.68. The molecular weight excluding hydrogens is 406 g/mol. The van der Waals surface area contributed by atoms with Crippen LogP contribution in [0.5, 0.6) is 23.0 Å². The van der Waals surface area contributed by atoms with E-state index in [1.165, 1.54) is 19.3 Å². The van der Waals surface area contributed by atoms with Crippen molar-refractivity contribution in [2.45, 2.75) is 25.7 Å². The van der Waals surface area contributed by atoms with Gasteiger partial charge >= 0.3 is 0 Å².